The van der Waals surface area contributed by atoms with Gasteiger partial charge in [-0.1, -0.05) is 6.42 Å². The van der Waals surface area contributed by atoms with Gasteiger partial charge in [-0.15, -0.1) is 0 Å². The zero-order chi connectivity index (χ0) is 18.7. The van der Waals surface area contributed by atoms with Crippen LogP contribution in [0, 0.1) is 13.8 Å². The summed E-state index contributed by atoms with van der Waals surface area (Å²) in [5, 5.41) is 15.2. The van der Waals surface area contributed by atoms with Gasteiger partial charge in [0.2, 0.25) is 5.91 Å². The number of nitrogens with zero attached hydrogens (tertiary/aromatic N) is 4. The number of aromatic amines is 1. The van der Waals surface area contributed by atoms with Crippen LogP contribution in [-0.4, -0.2) is 44.4 Å². The number of hydrogen-bond donors (Lipinski definition) is 2. The van der Waals surface area contributed by atoms with Crippen LogP contribution in [0.3, 0.4) is 0 Å². The summed E-state index contributed by atoms with van der Waals surface area (Å²) in [5.41, 5.74) is 6.43. The lowest BCUT2D eigenvalue weighted by molar-refractivity contribution is -0.117. The second-order valence-corrected chi connectivity index (χ2v) is 7.27. The maximum absolute atomic E-state index is 12.5. The van der Waals surface area contributed by atoms with Gasteiger partial charge in [0, 0.05) is 18.8 Å². The first-order valence-electron chi connectivity index (χ1n) is 9.57. The summed E-state index contributed by atoms with van der Waals surface area (Å²) in [4.78, 5) is 14.5. The van der Waals surface area contributed by atoms with E-state index in [-0.39, 0.29) is 5.91 Å². The molecular weight excluding hydrogens is 328 g/mol. The fourth-order valence-electron chi connectivity index (χ4n) is 3.78. The molecule has 0 spiro atoms. The summed E-state index contributed by atoms with van der Waals surface area (Å²) < 4.78 is 1.91. The van der Waals surface area contributed by atoms with Crippen molar-refractivity contribution in [3.05, 3.63) is 28.3 Å². The maximum Gasteiger partial charge on any atom is 0.238 e. The third-order valence-electron chi connectivity index (χ3n) is 5.17. The predicted molar refractivity (Wildman–Crippen MR) is 102 cm³/mol. The van der Waals surface area contributed by atoms with E-state index in [0.717, 1.165) is 42.2 Å². The molecule has 2 N–H and O–H groups in total. The van der Waals surface area contributed by atoms with Crippen molar-refractivity contribution < 1.29 is 4.79 Å². The molecule has 0 fully saturated rings. The summed E-state index contributed by atoms with van der Waals surface area (Å²) in [5.74, 6) is -0.0176. The smallest absolute Gasteiger partial charge is 0.238 e. The molecule has 1 amide bonds. The van der Waals surface area contributed by atoms with E-state index in [9.17, 15) is 4.79 Å². The van der Waals surface area contributed by atoms with Gasteiger partial charge in [0.15, 0.2) is 0 Å². The first kappa shape index (κ1) is 18.6. The normalized spacial score (nSPS) is 14.3. The molecule has 2 heterocycles. The molecule has 26 heavy (non-hydrogen) atoms. The minimum Gasteiger partial charge on any atom is -0.322 e. The van der Waals surface area contributed by atoms with Crippen molar-refractivity contribution in [3.8, 4) is 0 Å². The lowest BCUT2D eigenvalue weighted by atomic mass is 10.1. The van der Waals surface area contributed by atoms with Crippen LogP contribution < -0.4 is 5.32 Å². The molecule has 7 nitrogen and oxygen atoms in total. The molecule has 0 aromatic carbocycles. The number of likely N-dealkylation sites (N-methyl/N-ethyl adjacent to an activating group) is 1. The van der Waals surface area contributed by atoms with Gasteiger partial charge >= 0.3 is 0 Å². The van der Waals surface area contributed by atoms with Crippen molar-refractivity contribution in [1.29, 1.82) is 0 Å². The molecule has 0 atom stereocenters. The number of fused-ring (bicyclic) bond motifs is 1. The van der Waals surface area contributed by atoms with Crippen molar-refractivity contribution in [1.82, 2.24) is 24.9 Å². The van der Waals surface area contributed by atoms with Crippen LogP contribution in [-0.2, 0) is 30.7 Å². The Hall–Kier alpha value is -2.15. The quantitative estimate of drug-likeness (QED) is 0.778. The summed E-state index contributed by atoms with van der Waals surface area (Å²) in [6.45, 7) is 7.78. The highest BCUT2D eigenvalue weighted by atomic mass is 16.2. The van der Waals surface area contributed by atoms with Crippen molar-refractivity contribution in [2.24, 2.45) is 0 Å². The fourth-order valence-corrected chi connectivity index (χ4v) is 3.78. The van der Waals surface area contributed by atoms with Gasteiger partial charge in [0.1, 0.15) is 0 Å². The van der Waals surface area contributed by atoms with Crippen LogP contribution in [0.4, 0.5) is 5.69 Å². The van der Waals surface area contributed by atoms with Crippen LogP contribution in [0.2, 0.25) is 0 Å². The van der Waals surface area contributed by atoms with Crippen molar-refractivity contribution >= 4 is 11.6 Å². The van der Waals surface area contributed by atoms with E-state index in [1.165, 1.54) is 30.5 Å². The number of anilines is 1. The second kappa shape index (κ2) is 8.03. The molecule has 0 radical (unpaired) electrons. The Balaban J connectivity index is 1.60. The minimum absolute atomic E-state index is 0.0176. The highest BCUT2D eigenvalue weighted by molar-refractivity contribution is 5.93. The monoisotopic (exact) mass is 358 g/mol. The van der Waals surface area contributed by atoms with E-state index in [0.29, 0.717) is 13.1 Å². The minimum atomic E-state index is -0.0176. The Morgan fingerprint density at radius 3 is 2.77 bits per heavy atom. The Labute approximate surface area is 155 Å². The Morgan fingerprint density at radius 1 is 1.27 bits per heavy atom. The van der Waals surface area contributed by atoms with Crippen LogP contribution in [0.15, 0.2) is 0 Å². The number of H-pyrrole nitrogens is 1. The largest absolute Gasteiger partial charge is 0.322 e. The zero-order valence-electron chi connectivity index (χ0n) is 16.4. The summed E-state index contributed by atoms with van der Waals surface area (Å²) in [7, 11) is 1.96. The summed E-state index contributed by atoms with van der Waals surface area (Å²) in [6.07, 6.45) is 5.92. The molecule has 2 aromatic heterocycles. The van der Waals surface area contributed by atoms with Gasteiger partial charge in [-0.2, -0.15) is 10.2 Å². The van der Waals surface area contributed by atoms with E-state index in [2.05, 4.69) is 20.6 Å². The van der Waals surface area contributed by atoms with Crippen molar-refractivity contribution in [3.63, 3.8) is 0 Å². The highest BCUT2D eigenvalue weighted by Gasteiger charge is 2.19. The third kappa shape index (κ3) is 3.98. The SMILES string of the molecule is CCn1nc(C)c(NC(=O)CN(C)Cc2n[nH]c3c2CCCCC3)c1C. The Morgan fingerprint density at radius 2 is 2.04 bits per heavy atom. The van der Waals surface area contributed by atoms with E-state index in [1.807, 2.05) is 37.4 Å². The second-order valence-electron chi connectivity index (χ2n) is 7.27. The number of amides is 1. The number of aromatic nitrogens is 4. The lowest BCUT2D eigenvalue weighted by Gasteiger charge is -2.16. The first-order valence-corrected chi connectivity index (χ1v) is 9.57. The molecule has 2 aromatic rings. The highest BCUT2D eigenvalue weighted by Crippen LogP contribution is 2.22. The van der Waals surface area contributed by atoms with Gasteiger partial charge in [-0.05, 0) is 59.1 Å². The maximum atomic E-state index is 12.5. The van der Waals surface area contributed by atoms with Gasteiger partial charge in [0.05, 0.1) is 29.3 Å². The average molecular weight is 358 g/mol. The summed E-state index contributed by atoms with van der Waals surface area (Å²) in [6, 6.07) is 0. The van der Waals surface area contributed by atoms with Crippen LogP contribution in [0.5, 0.6) is 0 Å². The van der Waals surface area contributed by atoms with Gasteiger partial charge in [-0.25, -0.2) is 0 Å². The molecule has 1 aliphatic rings. The number of nitrogens with one attached hydrogen (secondary N) is 2. The number of aryl methyl sites for hydroxylation is 3. The molecule has 1 aliphatic carbocycles. The molecule has 0 bridgehead atoms. The number of rotatable bonds is 6. The molecule has 142 valence electrons. The summed E-state index contributed by atoms with van der Waals surface area (Å²) >= 11 is 0. The van der Waals surface area contributed by atoms with Crippen molar-refractivity contribution in [2.75, 3.05) is 18.9 Å². The van der Waals surface area contributed by atoms with Gasteiger partial charge in [-0.3, -0.25) is 19.5 Å². The molecule has 3 rings (SSSR count). The lowest BCUT2D eigenvalue weighted by Crippen LogP contribution is -2.30. The van der Waals surface area contributed by atoms with Crippen LogP contribution in [0.1, 0.15) is 54.5 Å². The van der Waals surface area contributed by atoms with Crippen LogP contribution in [0.25, 0.3) is 0 Å². The zero-order valence-corrected chi connectivity index (χ0v) is 16.4. The molecular formula is C19H30N6O. The molecule has 0 saturated heterocycles. The van der Waals surface area contributed by atoms with Crippen LogP contribution >= 0.6 is 0 Å². The number of hydrogen-bond acceptors (Lipinski definition) is 4. The first-order chi connectivity index (χ1) is 12.5. The Kier molecular flexibility index (Phi) is 5.76. The molecule has 7 heteroatoms. The standard InChI is InChI=1S/C19H30N6O/c1-5-25-14(3)19(13(2)23-25)20-18(26)12-24(4)11-17-15-9-7-6-8-10-16(15)21-22-17/h5-12H2,1-4H3,(H,20,26)(H,21,22). The number of carbonyl (C=O) groups excluding carboxylic acids is 1. The average Bonchev–Trinajstić information content (AvgIpc) is 2.99. The topological polar surface area (TPSA) is 78.8 Å². The third-order valence-corrected chi connectivity index (χ3v) is 5.17. The van der Waals surface area contributed by atoms with E-state index >= 15 is 0 Å². The van der Waals surface area contributed by atoms with Crippen molar-refractivity contribution in [2.45, 2.75) is 66.0 Å². The Bertz CT molecular complexity index is 775. The van der Waals surface area contributed by atoms with E-state index in [4.69, 9.17) is 0 Å². The predicted octanol–water partition coefficient (Wildman–Crippen LogP) is 2.58. The fraction of sp³-hybridized carbons (Fsp3) is 0.632. The van der Waals surface area contributed by atoms with E-state index < -0.39 is 0 Å². The molecule has 0 unspecified atom stereocenters. The van der Waals surface area contributed by atoms with E-state index in [1.54, 1.807) is 0 Å². The molecule has 0 aliphatic heterocycles. The molecule has 0 saturated carbocycles. The number of carbonyl (C=O) groups is 1. The van der Waals surface area contributed by atoms with Gasteiger partial charge in [0.25, 0.3) is 0 Å². The van der Waals surface area contributed by atoms with Gasteiger partial charge < -0.3 is 5.32 Å².